The van der Waals surface area contributed by atoms with Crippen molar-refractivity contribution in [2.24, 2.45) is 11.7 Å². The Balaban J connectivity index is 1.95. The van der Waals surface area contributed by atoms with Crippen LogP contribution in [0.3, 0.4) is 0 Å². The van der Waals surface area contributed by atoms with Gasteiger partial charge in [-0.2, -0.15) is 0 Å². The van der Waals surface area contributed by atoms with Gasteiger partial charge in [-0.05, 0) is 43.9 Å². The molecule has 0 bridgehead atoms. The molecule has 0 heterocycles. The first kappa shape index (κ1) is 16.1. The van der Waals surface area contributed by atoms with Gasteiger partial charge >= 0.3 is 0 Å². The van der Waals surface area contributed by atoms with Crippen LogP contribution in [0.4, 0.5) is 0 Å². The summed E-state index contributed by atoms with van der Waals surface area (Å²) in [6.07, 6.45) is 3.52. The highest BCUT2D eigenvalue weighted by Crippen LogP contribution is 2.26. The summed E-state index contributed by atoms with van der Waals surface area (Å²) < 4.78 is 5.69. The number of nitrogens with two attached hydrogens (primary N) is 1. The van der Waals surface area contributed by atoms with Gasteiger partial charge < -0.3 is 15.8 Å². The first-order valence-electron chi connectivity index (χ1n) is 7.54. The average molecular weight is 311 g/mol. The van der Waals surface area contributed by atoms with Crippen molar-refractivity contribution in [3.05, 3.63) is 28.8 Å². The van der Waals surface area contributed by atoms with Crippen LogP contribution in [0.25, 0.3) is 0 Å². The zero-order valence-electron chi connectivity index (χ0n) is 12.4. The predicted molar refractivity (Wildman–Crippen MR) is 84.4 cm³/mol. The molecule has 1 aliphatic carbocycles. The summed E-state index contributed by atoms with van der Waals surface area (Å²) in [7, 11) is 0. The Hall–Kier alpha value is -1.26. The van der Waals surface area contributed by atoms with E-state index in [9.17, 15) is 4.79 Å². The molecule has 0 aromatic heterocycles. The molecule has 0 saturated heterocycles. The molecule has 1 fully saturated rings. The Morgan fingerprint density at radius 3 is 2.95 bits per heavy atom. The maximum absolute atomic E-state index is 12.1. The molecule has 1 aromatic carbocycles. The summed E-state index contributed by atoms with van der Waals surface area (Å²) in [6, 6.07) is 5.65. The van der Waals surface area contributed by atoms with E-state index in [4.69, 9.17) is 22.1 Å². The molecule has 0 radical (unpaired) electrons. The van der Waals surface area contributed by atoms with Gasteiger partial charge in [0.25, 0.3) is 0 Å². The van der Waals surface area contributed by atoms with Gasteiger partial charge in [0, 0.05) is 29.1 Å². The van der Waals surface area contributed by atoms with E-state index in [2.05, 4.69) is 12.2 Å². The van der Waals surface area contributed by atoms with E-state index in [0.717, 1.165) is 37.0 Å². The molecule has 1 saturated carbocycles. The van der Waals surface area contributed by atoms with Gasteiger partial charge in [-0.15, -0.1) is 0 Å². The number of carbonyl (C=O) groups excluding carboxylic acids is 1. The highest BCUT2D eigenvalue weighted by molar-refractivity contribution is 6.30. The molecular formula is C16H23ClN2O2. The molecule has 3 N–H and O–H groups in total. The lowest BCUT2D eigenvalue weighted by molar-refractivity contribution is -0.125. The fourth-order valence-corrected chi connectivity index (χ4v) is 2.81. The van der Waals surface area contributed by atoms with E-state index in [0.29, 0.717) is 18.2 Å². The van der Waals surface area contributed by atoms with E-state index in [1.165, 1.54) is 0 Å². The van der Waals surface area contributed by atoms with Gasteiger partial charge in [0.05, 0.1) is 6.61 Å². The average Bonchev–Trinajstić information content (AvgIpc) is 2.90. The van der Waals surface area contributed by atoms with Crippen LogP contribution in [0.2, 0.25) is 5.02 Å². The summed E-state index contributed by atoms with van der Waals surface area (Å²) in [6.45, 7) is 3.14. The van der Waals surface area contributed by atoms with Crippen molar-refractivity contribution < 1.29 is 9.53 Å². The van der Waals surface area contributed by atoms with Gasteiger partial charge in [0.15, 0.2) is 0 Å². The van der Waals surface area contributed by atoms with Crippen molar-refractivity contribution in [3.63, 3.8) is 0 Å². The van der Waals surface area contributed by atoms with E-state index < -0.39 is 0 Å². The number of rotatable bonds is 6. The molecule has 21 heavy (non-hydrogen) atoms. The summed E-state index contributed by atoms with van der Waals surface area (Å²) in [5.41, 5.74) is 6.76. The van der Waals surface area contributed by atoms with Gasteiger partial charge in [0.1, 0.15) is 5.75 Å². The minimum absolute atomic E-state index is 0.0409. The highest BCUT2D eigenvalue weighted by Gasteiger charge is 2.27. The van der Waals surface area contributed by atoms with E-state index in [1.54, 1.807) is 6.07 Å². The van der Waals surface area contributed by atoms with E-state index in [-0.39, 0.29) is 17.9 Å². The molecule has 0 aliphatic heterocycles. The lowest BCUT2D eigenvalue weighted by Gasteiger charge is -2.14. The van der Waals surface area contributed by atoms with Gasteiger partial charge in [-0.1, -0.05) is 18.5 Å². The van der Waals surface area contributed by atoms with Crippen molar-refractivity contribution in [2.45, 2.75) is 45.2 Å². The molecular weight excluding hydrogens is 288 g/mol. The number of hydrogen-bond acceptors (Lipinski definition) is 3. The molecule has 1 amide bonds. The highest BCUT2D eigenvalue weighted by atomic mass is 35.5. The van der Waals surface area contributed by atoms with Crippen LogP contribution in [-0.4, -0.2) is 18.6 Å². The summed E-state index contributed by atoms with van der Waals surface area (Å²) in [5.74, 6) is 0.897. The molecule has 1 aliphatic rings. The molecule has 2 rings (SSSR count). The van der Waals surface area contributed by atoms with Crippen molar-refractivity contribution in [1.82, 2.24) is 5.32 Å². The number of ether oxygens (including phenoxy) is 1. The first-order chi connectivity index (χ1) is 10.1. The zero-order chi connectivity index (χ0) is 15.2. The molecule has 0 unspecified atom stereocenters. The van der Waals surface area contributed by atoms with Crippen LogP contribution >= 0.6 is 11.6 Å². The van der Waals surface area contributed by atoms with Crippen molar-refractivity contribution in [3.8, 4) is 5.75 Å². The van der Waals surface area contributed by atoms with Crippen molar-refractivity contribution in [1.29, 1.82) is 0 Å². The quantitative estimate of drug-likeness (QED) is 0.849. The standard InChI is InChI=1S/C16H23ClN2O2/c1-2-7-21-15-6-4-13(17)8-12(15)10-19-16(20)11-3-5-14(18)9-11/h4,6,8,11,14H,2-3,5,7,9-10,18H2,1H3,(H,19,20)/t11-,14+/m0/s1. The Kier molecular flexibility index (Phi) is 5.88. The van der Waals surface area contributed by atoms with Crippen LogP contribution in [0, 0.1) is 5.92 Å². The third-order valence-electron chi connectivity index (χ3n) is 3.78. The summed E-state index contributed by atoms with van der Waals surface area (Å²) >= 11 is 6.03. The molecule has 4 nitrogen and oxygen atoms in total. The number of halogens is 1. The van der Waals surface area contributed by atoms with Crippen LogP contribution in [0.5, 0.6) is 5.75 Å². The van der Waals surface area contributed by atoms with Crippen LogP contribution in [0.1, 0.15) is 38.2 Å². The van der Waals surface area contributed by atoms with Crippen LogP contribution in [-0.2, 0) is 11.3 Å². The van der Waals surface area contributed by atoms with Crippen LogP contribution < -0.4 is 15.8 Å². The van der Waals surface area contributed by atoms with Gasteiger partial charge in [-0.3, -0.25) is 4.79 Å². The van der Waals surface area contributed by atoms with Crippen molar-refractivity contribution in [2.75, 3.05) is 6.61 Å². The predicted octanol–water partition coefficient (Wildman–Crippen LogP) is 2.87. The smallest absolute Gasteiger partial charge is 0.223 e. The Morgan fingerprint density at radius 2 is 2.29 bits per heavy atom. The maximum Gasteiger partial charge on any atom is 0.223 e. The molecule has 0 spiro atoms. The second kappa shape index (κ2) is 7.66. The summed E-state index contributed by atoms with van der Waals surface area (Å²) in [5, 5.41) is 3.62. The Labute approximate surface area is 131 Å². The molecule has 116 valence electrons. The molecule has 2 atom stereocenters. The van der Waals surface area contributed by atoms with Crippen LogP contribution in [0.15, 0.2) is 18.2 Å². The Morgan fingerprint density at radius 1 is 1.48 bits per heavy atom. The molecule has 1 aromatic rings. The number of nitrogens with one attached hydrogen (secondary N) is 1. The largest absolute Gasteiger partial charge is 0.493 e. The minimum atomic E-state index is 0.0409. The van der Waals surface area contributed by atoms with Gasteiger partial charge in [0.2, 0.25) is 5.91 Å². The van der Waals surface area contributed by atoms with Gasteiger partial charge in [-0.25, -0.2) is 0 Å². The third-order valence-corrected chi connectivity index (χ3v) is 4.02. The lowest BCUT2D eigenvalue weighted by atomic mass is 10.1. The second-order valence-corrected chi connectivity index (χ2v) is 6.02. The fourth-order valence-electron chi connectivity index (χ4n) is 2.62. The SMILES string of the molecule is CCCOc1ccc(Cl)cc1CNC(=O)[C@H]1CC[C@@H](N)C1. The van der Waals surface area contributed by atoms with Crippen molar-refractivity contribution >= 4 is 17.5 Å². The number of benzene rings is 1. The normalized spacial score (nSPS) is 21.3. The maximum atomic E-state index is 12.1. The number of amides is 1. The topological polar surface area (TPSA) is 64.3 Å². The lowest BCUT2D eigenvalue weighted by Crippen LogP contribution is -2.30. The fraction of sp³-hybridized carbons (Fsp3) is 0.562. The monoisotopic (exact) mass is 310 g/mol. The third kappa shape index (κ3) is 4.61. The summed E-state index contributed by atoms with van der Waals surface area (Å²) in [4.78, 5) is 12.1. The number of carbonyl (C=O) groups is 1. The minimum Gasteiger partial charge on any atom is -0.493 e. The molecule has 5 heteroatoms. The van der Waals surface area contributed by atoms with E-state index >= 15 is 0 Å². The second-order valence-electron chi connectivity index (χ2n) is 5.59. The Bertz CT molecular complexity index is 493. The first-order valence-corrected chi connectivity index (χ1v) is 7.92. The number of hydrogen-bond donors (Lipinski definition) is 2. The van der Waals surface area contributed by atoms with E-state index in [1.807, 2.05) is 12.1 Å². The zero-order valence-corrected chi connectivity index (χ0v) is 13.2.